The molecule has 0 N–H and O–H groups in total. The van der Waals surface area contributed by atoms with Gasteiger partial charge < -0.3 is 4.74 Å². The number of rotatable bonds is 1. The van der Waals surface area contributed by atoms with Crippen molar-refractivity contribution in [1.82, 2.24) is 14.1 Å². The highest BCUT2D eigenvalue weighted by atomic mass is 16.5. The van der Waals surface area contributed by atoms with Crippen molar-refractivity contribution in [3.05, 3.63) is 38.7 Å². The van der Waals surface area contributed by atoms with E-state index >= 15 is 0 Å². The lowest BCUT2D eigenvalue weighted by molar-refractivity contribution is 0.0602. The fourth-order valence-electron chi connectivity index (χ4n) is 1.77. The van der Waals surface area contributed by atoms with E-state index in [9.17, 15) is 14.4 Å². The summed E-state index contributed by atoms with van der Waals surface area (Å²) < 4.78 is 6.75. The van der Waals surface area contributed by atoms with E-state index in [1.54, 1.807) is 0 Å². The summed E-state index contributed by atoms with van der Waals surface area (Å²) in [6.45, 7) is 0. The molecule has 0 amide bonds. The number of aryl methyl sites for hydroxylation is 1. The van der Waals surface area contributed by atoms with Crippen LogP contribution in [-0.4, -0.2) is 27.2 Å². The Kier molecular flexibility index (Phi) is 2.74. The Morgan fingerprint density at radius 2 is 1.94 bits per heavy atom. The van der Waals surface area contributed by atoms with Gasteiger partial charge in [0.05, 0.1) is 18.1 Å². The summed E-state index contributed by atoms with van der Waals surface area (Å²) in [7, 11) is 4.05. The number of ether oxygens (including phenoxy) is 1. The number of hydrogen-bond acceptors (Lipinski definition) is 5. The molecule has 0 atom stereocenters. The van der Waals surface area contributed by atoms with Crippen LogP contribution in [0, 0.1) is 0 Å². The average molecular weight is 249 g/mol. The highest BCUT2D eigenvalue weighted by Gasteiger charge is 2.17. The fourth-order valence-corrected chi connectivity index (χ4v) is 1.77. The molecule has 0 fully saturated rings. The highest BCUT2D eigenvalue weighted by molar-refractivity contribution is 6.01. The number of esters is 1. The van der Waals surface area contributed by atoms with Crippen LogP contribution in [0.25, 0.3) is 11.0 Å². The van der Waals surface area contributed by atoms with Crippen molar-refractivity contribution in [3.8, 4) is 0 Å². The van der Waals surface area contributed by atoms with Crippen LogP contribution in [0.1, 0.15) is 10.4 Å². The van der Waals surface area contributed by atoms with Gasteiger partial charge in [-0.3, -0.25) is 13.9 Å². The van der Waals surface area contributed by atoms with Gasteiger partial charge in [-0.15, -0.1) is 0 Å². The van der Waals surface area contributed by atoms with Crippen molar-refractivity contribution < 1.29 is 9.53 Å². The summed E-state index contributed by atoms with van der Waals surface area (Å²) in [6.07, 6.45) is 1.35. The van der Waals surface area contributed by atoms with E-state index in [0.717, 1.165) is 4.57 Å². The molecule has 0 aromatic carbocycles. The van der Waals surface area contributed by atoms with Crippen LogP contribution in [-0.2, 0) is 18.8 Å². The SMILES string of the molecule is COC(=O)c1ccnc2c1c(=O)n(C)c(=O)n2C. The van der Waals surface area contributed by atoms with Crippen molar-refractivity contribution in [2.75, 3.05) is 7.11 Å². The number of carbonyl (C=O) groups is 1. The lowest BCUT2D eigenvalue weighted by atomic mass is 10.2. The van der Waals surface area contributed by atoms with E-state index in [1.165, 1.54) is 38.0 Å². The number of fused-ring (bicyclic) bond motifs is 1. The molecule has 18 heavy (non-hydrogen) atoms. The van der Waals surface area contributed by atoms with E-state index < -0.39 is 17.2 Å². The maximum atomic E-state index is 12.0. The molecule has 0 spiro atoms. The van der Waals surface area contributed by atoms with Gasteiger partial charge in [0, 0.05) is 20.3 Å². The number of methoxy groups -OCH3 is 1. The summed E-state index contributed by atoms with van der Waals surface area (Å²) in [5.41, 5.74) is -0.812. The molecule has 0 unspecified atom stereocenters. The van der Waals surface area contributed by atoms with Gasteiger partial charge >= 0.3 is 11.7 Å². The Bertz CT molecular complexity index is 757. The Labute approximate surface area is 101 Å². The second kappa shape index (κ2) is 4.10. The maximum Gasteiger partial charge on any atom is 0.338 e. The van der Waals surface area contributed by atoms with E-state index in [4.69, 9.17) is 0 Å². The zero-order valence-corrected chi connectivity index (χ0v) is 10.1. The van der Waals surface area contributed by atoms with Gasteiger partial charge in [0.2, 0.25) is 0 Å². The standard InChI is InChI=1S/C11H11N3O4/c1-13-8-7(9(15)14(2)11(13)17)6(4-5-12-8)10(16)18-3/h4-5H,1-3H3. The second-order valence-electron chi connectivity index (χ2n) is 3.75. The lowest BCUT2D eigenvalue weighted by Crippen LogP contribution is -2.38. The number of hydrogen-bond donors (Lipinski definition) is 0. The predicted octanol–water partition coefficient (Wildman–Crippen LogP) is -0.581. The largest absolute Gasteiger partial charge is 0.465 e. The third-order valence-corrected chi connectivity index (χ3v) is 2.75. The molecule has 2 rings (SSSR count). The molecule has 0 bridgehead atoms. The molecule has 0 saturated carbocycles. The first-order valence-corrected chi connectivity index (χ1v) is 5.12. The third-order valence-electron chi connectivity index (χ3n) is 2.75. The number of aromatic nitrogens is 3. The van der Waals surface area contributed by atoms with Gasteiger partial charge in [-0.2, -0.15) is 0 Å². The van der Waals surface area contributed by atoms with Crippen LogP contribution < -0.4 is 11.2 Å². The molecular formula is C11H11N3O4. The van der Waals surface area contributed by atoms with Crippen LogP contribution in [0.3, 0.4) is 0 Å². The normalized spacial score (nSPS) is 10.6. The predicted molar refractivity (Wildman–Crippen MR) is 63.6 cm³/mol. The number of nitrogens with zero attached hydrogens (tertiary/aromatic N) is 3. The van der Waals surface area contributed by atoms with Crippen LogP contribution in [0.2, 0.25) is 0 Å². The Morgan fingerprint density at radius 3 is 2.56 bits per heavy atom. The first-order valence-electron chi connectivity index (χ1n) is 5.12. The van der Waals surface area contributed by atoms with Gasteiger partial charge in [-0.25, -0.2) is 14.6 Å². The molecule has 0 aliphatic heterocycles. The summed E-state index contributed by atoms with van der Waals surface area (Å²) >= 11 is 0. The third kappa shape index (κ3) is 1.52. The van der Waals surface area contributed by atoms with Crippen LogP contribution >= 0.6 is 0 Å². The van der Waals surface area contributed by atoms with E-state index in [1.807, 2.05) is 0 Å². The lowest BCUT2D eigenvalue weighted by Gasteiger charge is -2.08. The molecule has 2 aromatic rings. The van der Waals surface area contributed by atoms with Crippen molar-refractivity contribution in [3.63, 3.8) is 0 Å². The monoisotopic (exact) mass is 249 g/mol. The smallest absolute Gasteiger partial charge is 0.338 e. The molecule has 0 aliphatic rings. The minimum Gasteiger partial charge on any atom is -0.465 e. The molecule has 2 aromatic heterocycles. The summed E-state index contributed by atoms with van der Waals surface area (Å²) in [5.74, 6) is -0.641. The van der Waals surface area contributed by atoms with Crippen molar-refractivity contribution >= 4 is 17.0 Å². The molecule has 0 aliphatic carbocycles. The fraction of sp³-hybridized carbons (Fsp3) is 0.273. The highest BCUT2D eigenvalue weighted by Crippen LogP contribution is 2.11. The van der Waals surface area contributed by atoms with Crippen molar-refractivity contribution in [2.45, 2.75) is 0 Å². The second-order valence-corrected chi connectivity index (χ2v) is 3.75. The zero-order valence-electron chi connectivity index (χ0n) is 10.1. The topological polar surface area (TPSA) is 83.2 Å². The van der Waals surface area contributed by atoms with Crippen molar-refractivity contribution in [1.29, 1.82) is 0 Å². The summed E-state index contributed by atoms with van der Waals surface area (Å²) in [5, 5.41) is 0.0777. The molecule has 0 saturated heterocycles. The van der Waals surface area contributed by atoms with E-state index in [-0.39, 0.29) is 16.6 Å². The molecule has 2 heterocycles. The van der Waals surface area contributed by atoms with E-state index in [2.05, 4.69) is 9.72 Å². The van der Waals surface area contributed by atoms with E-state index in [0.29, 0.717) is 0 Å². The maximum absolute atomic E-state index is 12.0. The number of carbonyl (C=O) groups excluding carboxylic acids is 1. The zero-order chi connectivity index (χ0) is 13.4. The Hall–Kier alpha value is -2.44. The van der Waals surface area contributed by atoms with Crippen molar-refractivity contribution in [2.24, 2.45) is 14.1 Å². The van der Waals surface area contributed by atoms with Crippen LogP contribution in [0.15, 0.2) is 21.9 Å². The van der Waals surface area contributed by atoms with Gasteiger partial charge in [0.15, 0.2) is 0 Å². The Morgan fingerprint density at radius 1 is 1.28 bits per heavy atom. The minimum absolute atomic E-state index is 0.0777. The summed E-state index contributed by atoms with van der Waals surface area (Å²) in [4.78, 5) is 39.3. The molecule has 94 valence electrons. The van der Waals surface area contributed by atoms with Crippen LogP contribution in [0.5, 0.6) is 0 Å². The quantitative estimate of drug-likeness (QED) is 0.631. The summed E-state index contributed by atoms with van der Waals surface area (Å²) in [6, 6.07) is 1.39. The van der Waals surface area contributed by atoms with Crippen LogP contribution in [0.4, 0.5) is 0 Å². The van der Waals surface area contributed by atoms with Gasteiger partial charge in [0.1, 0.15) is 5.65 Å². The van der Waals surface area contributed by atoms with Gasteiger partial charge in [-0.1, -0.05) is 0 Å². The molecular weight excluding hydrogens is 238 g/mol. The van der Waals surface area contributed by atoms with Gasteiger partial charge in [0.25, 0.3) is 5.56 Å². The average Bonchev–Trinajstić information content (AvgIpc) is 2.40. The Balaban J connectivity index is 3.08. The minimum atomic E-state index is -0.641. The molecule has 7 heteroatoms. The number of pyridine rings is 1. The molecule has 0 radical (unpaired) electrons. The first-order chi connectivity index (χ1) is 8.49. The van der Waals surface area contributed by atoms with Gasteiger partial charge in [-0.05, 0) is 6.07 Å². The first kappa shape index (κ1) is 12.0. The molecule has 7 nitrogen and oxygen atoms in total.